The van der Waals surface area contributed by atoms with E-state index < -0.39 is 0 Å². The lowest BCUT2D eigenvalue weighted by Gasteiger charge is -2.21. The van der Waals surface area contributed by atoms with Gasteiger partial charge in [-0.2, -0.15) is 0 Å². The van der Waals surface area contributed by atoms with E-state index in [0.29, 0.717) is 16.7 Å². The van der Waals surface area contributed by atoms with Crippen molar-refractivity contribution in [2.24, 2.45) is 0 Å². The van der Waals surface area contributed by atoms with Crippen LogP contribution in [0.3, 0.4) is 0 Å². The summed E-state index contributed by atoms with van der Waals surface area (Å²) >= 11 is 13.8. The molecular weight excluding hydrogens is 365 g/mol. The molecular formula is C18H17Cl2NO2S. The van der Waals surface area contributed by atoms with Gasteiger partial charge in [-0.1, -0.05) is 47.5 Å². The summed E-state index contributed by atoms with van der Waals surface area (Å²) in [6.45, 7) is 2.15. The first-order chi connectivity index (χ1) is 11.6. The van der Waals surface area contributed by atoms with E-state index in [1.807, 2.05) is 24.3 Å². The molecule has 3 nitrogen and oxygen atoms in total. The Kier molecular flexibility index (Phi) is 5.59. The number of carbonyl (C=O) groups excluding carboxylic acids is 1. The molecule has 0 saturated heterocycles. The van der Waals surface area contributed by atoms with Crippen molar-refractivity contribution in [2.45, 2.75) is 29.5 Å². The molecule has 0 unspecified atom stereocenters. The SMILES string of the molecule is CCOC(=O)N[C@@H]1Cc2ccccc2[C@H]1Sc1ccc(Cl)c(Cl)c1. The molecule has 0 saturated carbocycles. The minimum atomic E-state index is -0.380. The van der Waals surface area contributed by atoms with Crippen molar-refractivity contribution < 1.29 is 9.53 Å². The van der Waals surface area contributed by atoms with Crippen molar-refractivity contribution in [1.29, 1.82) is 0 Å². The molecule has 0 aromatic heterocycles. The van der Waals surface area contributed by atoms with Crippen LogP contribution in [0, 0.1) is 0 Å². The number of fused-ring (bicyclic) bond motifs is 1. The van der Waals surface area contributed by atoms with E-state index in [1.54, 1.807) is 24.8 Å². The highest BCUT2D eigenvalue weighted by Gasteiger charge is 2.34. The summed E-state index contributed by atoms with van der Waals surface area (Å²) in [5.74, 6) is 0. The van der Waals surface area contributed by atoms with Gasteiger partial charge in [-0.05, 0) is 42.7 Å². The maximum Gasteiger partial charge on any atom is 0.407 e. The highest BCUT2D eigenvalue weighted by atomic mass is 35.5. The lowest BCUT2D eigenvalue weighted by atomic mass is 10.1. The van der Waals surface area contributed by atoms with Gasteiger partial charge >= 0.3 is 6.09 Å². The minimum absolute atomic E-state index is 0.0269. The Morgan fingerprint density at radius 2 is 2.04 bits per heavy atom. The van der Waals surface area contributed by atoms with Crippen LogP contribution in [0.1, 0.15) is 23.3 Å². The monoisotopic (exact) mass is 381 g/mol. The third-order valence-electron chi connectivity index (χ3n) is 3.90. The summed E-state index contributed by atoms with van der Waals surface area (Å²) in [5, 5.41) is 4.15. The maximum absolute atomic E-state index is 11.9. The van der Waals surface area contributed by atoms with Crippen molar-refractivity contribution in [3.63, 3.8) is 0 Å². The van der Waals surface area contributed by atoms with Crippen LogP contribution in [-0.2, 0) is 11.2 Å². The molecule has 126 valence electrons. The van der Waals surface area contributed by atoms with Gasteiger partial charge in [0.25, 0.3) is 0 Å². The van der Waals surface area contributed by atoms with Crippen molar-refractivity contribution in [3.8, 4) is 0 Å². The number of thioether (sulfide) groups is 1. The zero-order valence-corrected chi connectivity index (χ0v) is 15.4. The van der Waals surface area contributed by atoms with Crippen LogP contribution in [0.5, 0.6) is 0 Å². The van der Waals surface area contributed by atoms with Crippen LogP contribution in [0.4, 0.5) is 4.79 Å². The Bertz CT molecular complexity index is 754. The van der Waals surface area contributed by atoms with Crippen LogP contribution in [0.25, 0.3) is 0 Å². The highest BCUT2D eigenvalue weighted by Crippen LogP contribution is 2.45. The zero-order valence-electron chi connectivity index (χ0n) is 13.1. The first kappa shape index (κ1) is 17.5. The zero-order chi connectivity index (χ0) is 17.1. The number of hydrogen-bond donors (Lipinski definition) is 1. The van der Waals surface area contributed by atoms with E-state index >= 15 is 0 Å². The molecule has 1 amide bonds. The number of ether oxygens (including phenoxy) is 1. The second kappa shape index (κ2) is 7.68. The molecule has 1 aliphatic rings. The van der Waals surface area contributed by atoms with Gasteiger partial charge in [0.05, 0.1) is 27.9 Å². The fraction of sp³-hybridized carbons (Fsp3) is 0.278. The maximum atomic E-state index is 11.9. The number of alkyl carbamates (subject to hydrolysis) is 1. The molecule has 2 atom stereocenters. The van der Waals surface area contributed by atoms with Crippen LogP contribution < -0.4 is 5.32 Å². The molecule has 3 rings (SSSR count). The summed E-state index contributed by atoms with van der Waals surface area (Å²) in [7, 11) is 0. The molecule has 0 bridgehead atoms. The van der Waals surface area contributed by atoms with Crippen molar-refractivity contribution in [2.75, 3.05) is 6.61 Å². The molecule has 0 spiro atoms. The Balaban J connectivity index is 1.84. The van der Waals surface area contributed by atoms with Crippen molar-refractivity contribution in [3.05, 3.63) is 63.6 Å². The molecule has 6 heteroatoms. The van der Waals surface area contributed by atoms with Gasteiger partial charge < -0.3 is 10.1 Å². The molecule has 2 aromatic carbocycles. The van der Waals surface area contributed by atoms with Gasteiger partial charge in [0.1, 0.15) is 0 Å². The first-order valence-corrected chi connectivity index (χ1v) is 9.35. The summed E-state index contributed by atoms with van der Waals surface area (Å²) in [5.41, 5.74) is 2.48. The number of rotatable bonds is 4. The number of halogens is 2. The second-order valence-corrected chi connectivity index (χ2v) is 7.52. The van der Waals surface area contributed by atoms with Gasteiger partial charge in [-0.15, -0.1) is 11.8 Å². The molecule has 1 aliphatic carbocycles. The third kappa shape index (κ3) is 3.82. The van der Waals surface area contributed by atoms with Gasteiger partial charge in [0.2, 0.25) is 0 Å². The molecule has 0 radical (unpaired) electrons. The smallest absolute Gasteiger partial charge is 0.407 e. The Morgan fingerprint density at radius 1 is 1.25 bits per heavy atom. The standard InChI is InChI=1S/C18H17Cl2NO2S/c1-2-23-18(22)21-16-9-11-5-3-4-6-13(11)17(16)24-12-7-8-14(19)15(20)10-12/h3-8,10,16-17H,2,9H2,1H3,(H,21,22)/t16-,17-/m1/s1. The summed E-state index contributed by atoms with van der Waals surface area (Å²) in [4.78, 5) is 12.9. The molecule has 24 heavy (non-hydrogen) atoms. The highest BCUT2D eigenvalue weighted by molar-refractivity contribution is 7.99. The van der Waals surface area contributed by atoms with Crippen molar-refractivity contribution in [1.82, 2.24) is 5.32 Å². The third-order valence-corrected chi connectivity index (χ3v) is 6.00. The van der Waals surface area contributed by atoms with Crippen LogP contribution >= 0.6 is 35.0 Å². The Morgan fingerprint density at radius 3 is 2.79 bits per heavy atom. The second-order valence-electron chi connectivity index (χ2n) is 5.49. The fourth-order valence-corrected chi connectivity index (χ4v) is 4.53. The summed E-state index contributed by atoms with van der Waals surface area (Å²) < 4.78 is 5.04. The van der Waals surface area contributed by atoms with E-state index in [0.717, 1.165) is 11.3 Å². The minimum Gasteiger partial charge on any atom is -0.450 e. The first-order valence-electron chi connectivity index (χ1n) is 7.71. The predicted octanol–water partition coefficient (Wildman–Crippen LogP) is 5.50. The van der Waals surface area contributed by atoms with Gasteiger partial charge in [0, 0.05) is 4.90 Å². The van der Waals surface area contributed by atoms with Gasteiger partial charge in [0.15, 0.2) is 0 Å². The van der Waals surface area contributed by atoms with E-state index in [9.17, 15) is 4.79 Å². The van der Waals surface area contributed by atoms with E-state index in [-0.39, 0.29) is 17.4 Å². The van der Waals surface area contributed by atoms with Crippen LogP contribution in [0.2, 0.25) is 10.0 Å². The number of amides is 1. The number of carbonyl (C=O) groups is 1. The van der Waals surface area contributed by atoms with Crippen LogP contribution in [0.15, 0.2) is 47.4 Å². The van der Waals surface area contributed by atoms with E-state index in [4.69, 9.17) is 27.9 Å². The van der Waals surface area contributed by atoms with Gasteiger partial charge in [-0.3, -0.25) is 0 Å². The normalized spacial score (nSPS) is 19.0. The summed E-state index contributed by atoms with van der Waals surface area (Å²) in [6, 6.07) is 13.8. The lowest BCUT2D eigenvalue weighted by molar-refractivity contribution is 0.148. The average Bonchev–Trinajstić information content (AvgIpc) is 2.89. The number of benzene rings is 2. The summed E-state index contributed by atoms with van der Waals surface area (Å²) in [6.07, 6.45) is 0.406. The molecule has 2 aromatic rings. The lowest BCUT2D eigenvalue weighted by Crippen LogP contribution is -2.37. The van der Waals surface area contributed by atoms with Crippen molar-refractivity contribution >= 4 is 41.1 Å². The predicted molar refractivity (Wildman–Crippen MR) is 99.2 cm³/mol. The fourth-order valence-electron chi connectivity index (χ4n) is 2.85. The quantitative estimate of drug-likeness (QED) is 0.759. The number of nitrogens with one attached hydrogen (secondary N) is 1. The molecule has 0 heterocycles. The van der Waals surface area contributed by atoms with E-state index in [1.165, 1.54) is 11.1 Å². The largest absolute Gasteiger partial charge is 0.450 e. The van der Waals surface area contributed by atoms with Gasteiger partial charge in [-0.25, -0.2) is 4.79 Å². The van der Waals surface area contributed by atoms with Crippen LogP contribution in [-0.4, -0.2) is 18.7 Å². The molecule has 0 fully saturated rings. The Labute approximate surface area is 155 Å². The molecule has 0 aliphatic heterocycles. The number of hydrogen-bond acceptors (Lipinski definition) is 3. The average molecular weight is 382 g/mol. The molecule has 1 N–H and O–H groups in total. The topological polar surface area (TPSA) is 38.3 Å². The van der Waals surface area contributed by atoms with E-state index in [2.05, 4.69) is 17.4 Å². The Hall–Kier alpha value is -1.36.